The average molecular weight is 208 g/mol. The first-order valence-corrected chi connectivity index (χ1v) is 4.86. The molecule has 0 fully saturated rings. The molecule has 0 saturated carbocycles. The Balaban J connectivity index is 2.15. The third-order valence-corrected chi connectivity index (χ3v) is 2.03. The van der Waals surface area contributed by atoms with Gasteiger partial charge in [0.05, 0.1) is 12.7 Å². The lowest BCUT2D eigenvalue weighted by atomic mass is 10.2. The van der Waals surface area contributed by atoms with Crippen LogP contribution >= 0.6 is 0 Å². The van der Waals surface area contributed by atoms with E-state index in [1.807, 2.05) is 6.92 Å². The third kappa shape index (κ3) is 2.27. The summed E-state index contributed by atoms with van der Waals surface area (Å²) >= 11 is 0. The SMILES string of the molecule is CCOC1CC(=O)C=C(c2ccco2)O1. The second-order valence-corrected chi connectivity index (χ2v) is 3.16. The molecule has 1 aromatic rings. The average Bonchev–Trinajstić information content (AvgIpc) is 2.70. The largest absolute Gasteiger partial charge is 0.461 e. The molecule has 1 aromatic heterocycles. The fraction of sp³-hybridized carbons (Fsp3) is 0.364. The van der Waals surface area contributed by atoms with Crippen LogP contribution in [0.15, 0.2) is 28.9 Å². The van der Waals surface area contributed by atoms with Crippen LogP contribution in [0.5, 0.6) is 0 Å². The standard InChI is InChI=1S/C11H12O4/c1-2-13-11-7-8(12)6-10(15-11)9-4-3-5-14-9/h3-6,11H,2,7H2,1H3. The smallest absolute Gasteiger partial charge is 0.207 e. The van der Waals surface area contributed by atoms with Gasteiger partial charge in [-0.2, -0.15) is 0 Å². The van der Waals surface area contributed by atoms with Gasteiger partial charge in [-0.15, -0.1) is 0 Å². The van der Waals surface area contributed by atoms with Crippen molar-refractivity contribution in [3.05, 3.63) is 30.2 Å². The molecular formula is C11H12O4. The summed E-state index contributed by atoms with van der Waals surface area (Å²) in [5.74, 6) is 0.980. The van der Waals surface area contributed by atoms with Gasteiger partial charge in [0.1, 0.15) is 0 Å². The van der Waals surface area contributed by atoms with Crippen molar-refractivity contribution < 1.29 is 18.7 Å². The van der Waals surface area contributed by atoms with Crippen LogP contribution in [0, 0.1) is 0 Å². The lowest BCUT2D eigenvalue weighted by molar-refractivity contribution is -0.134. The maximum atomic E-state index is 11.4. The van der Waals surface area contributed by atoms with E-state index in [1.165, 1.54) is 12.3 Å². The lowest BCUT2D eigenvalue weighted by Crippen LogP contribution is -2.24. The van der Waals surface area contributed by atoms with Crippen molar-refractivity contribution in [3.63, 3.8) is 0 Å². The Morgan fingerprint density at radius 3 is 3.13 bits per heavy atom. The molecular weight excluding hydrogens is 196 g/mol. The molecule has 2 rings (SSSR count). The molecule has 15 heavy (non-hydrogen) atoms. The highest BCUT2D eigenvalue weighted by atomic mass is 16.7. The second kappa shape index (κ2) is 4.31. The zero-order chi connectivity index (χ0) is 10.7. The topological polar surface area (TPSA) is 48.7 Å². The van der Waals surface area contributed by atoms with E-state index in [1.54, 1.807) is 12.1 Å². The van der Waals surface area contributed by atoms with Crippen LogP contribution in [0.25, 0.3) is 5.76 Å². The number of ether oxygens (including phenoxy) is 2. The van der Waals surface area contributed by atoms with Crippen LogP contribution in [0.1, 0.15) is 19.1 Å². The third-order valence-electron chi connectivity index (χ3n) is 2.03. The van der Waals surface area contributed by atoms with Crippen LogP contribution in [-0.2, 0) is 14.3 Å². The minimum absolute atomic E-state index is 0.00824. The first-order chi connectivity index (χ1) is 7.29. The number of carbonyl (C=O) groups excluding carboxylic acids is 1. The number of hydrogen-bond donors (Lipinski definition) is 0. The molecule has 0 saturated heterocycles. The van der Waals surface area contributed by atoms with Gasteiger partial charge < -0.3 is 13.9 Å². The molecule has 1 aliphatic heterocycles. The van der Waals surface area contributed by atoms with Gasteiger partial charge >= 0.3 is 0 Å². The molecule has 2 heterocycles. The van der Waals surface area contributed by atoms with Gasteiger partial charge in [0.15, 0.2) is 17.3 Å². The molecule has 0 radical (unpaired) electrons. The molecule has 0 bridgehead atoms. The Morgan fingerprint density at radius 1 is 1.60 bits per heavy atom. The van der Waals surface area contributed by atoms with E-state index in [4.69, 9.17) is 13.9 Å². The van der Waals surface area contributed by atoms with Crippen LogP contribution in [0.2, 0.25) is 0 Å². The molecule has 1 aliphatic rings. The summed E-state index contributed by atoms with van der Waals surface area (Å²) in [5.41, 5.74) is 0. The molecule has 0 amide bonds. The van der Waals surface area contributed by atoms with Crippen molar-refractivity contribution in [1.82, 2.24) is 0 Å². The van der Waals surface area contributed by atoms with Crippen LogP contribution < -0.4 is 0 Å². The number of carbonyl (C=O) groups is 1. The summed E-state index contributed by atoms with van der Waals surface area (Å²) < 4.78 is 15.9. The second-order valence-electron chi connectivity index (χ2n) is 3.16. The summed E-state index contributed by atoms with van der Waals surface area (Å²) in [4.78, 5) is 11.4. The Labute approximate surface area is 87.5 Å². The number of ketones is 1. The van der Waals surface area contributed by atoms with Crippen molar-refractivity contribution in [3.8, 4) is 0 Å². The van der Waals surface area contributed by atoms with Crippen molar-refractivity contribution in [1.29, 1.82) is 0 Å². The summed E-state index contributed by atoms with van der Waals surface area (Å²) in [6.45, 7) is 2.38. The summed E-state index contributed by atoms with van der Waals surface area (Å²) in [5, 5.41) is 0. The Hall–Kier alpha value is -1.55. The Kier molecular flexibility index (Phi) is 2.87. The zero-order valence-corrected chi connectivity index (χ0v) is 8.43. The van der Waals surface area contributed by atoms with E-state index in [0.717, 1.165) is 0 Å². The first kappa shape index (κ1) is 9.98. The van der Waals surface area contributed by atoms with Gasteiger partial charge in [-0.1, -0.05) is 0 Å². The monoisotopic (exact) mass is 208 g/mol. The lowest BCUT2D eigenvalue weighted by Gasteiger charge is -2.22. The van der Waals surface area contributed by atoms with Crippen LogP contribution in [0.3, 0.4) is 0 Å². The van der Waals surface area contributed by atoms with Crippen molar-refractivity contribution in [2.75, 3.05) is 6.61 Å². The molecule has 0 spiro atoms. The van der Waals surface area contributed by atoms with Crippen LogP contribution in [0.4, 0.5) is 0 Å². The summed E-state index contributed by atoms with van der Waals surface area (Å²) in [6.07, 6.45) is 2.74. The van der Waals surface area contributed by atoms with E-state index in [2.05, 4.69) is 0 Å². The van der Waals surface area contributed by atoms with E-state index < -0.39 is 6.29 Å². The van der Waals surface area contributed by atoms with Crippen LogP contribution in [-0.4, -0.2) is 18.7 Å². The highest BCUT2D eigenvalue weighted by Crippen LogP contribution is 2.24. The number of hydrogen-bond acceptors (Lipinski definition) is 4. The maximum absolute atomic E-state index is 11.4. The highest BCUT2D eigenvalue weighted by Gasteiger charge is 2.23. The van der Waals surface area contributed by atoms with Crippen molar-refractivity contribution in [2.24, 2.45) is 0 Å². The van der Waals surface area contributed by atoms with Gasteiger partial charge in [0, 0.05) is 12.7 Å². The molecule has 80 valence electrons. The van der Waals surface area contributed by atoms with E-state index in [-0.39, 0.29) is 12.2 Å². The molecule has 4 heteroatoms. The Bertz CT molecular complexity index is 364. The van der Waals surface area contributed by atoms with Crippen molar-refractivity contribution >= 4 is 11.5 Å². The minimum atomic E-state index is -0.493. The van der Waals surface area contributed by atoms with E-state index in [9.17, 15) is 4.79 Å². The first-order valence-electron chi connectivity index (χ1n) is 4.86. The van der Waals surface area contributed by atoms with Gasteiger partial charge in [0.2, 0.25) is 6.29 Å². The molecule has 4 nitrogen and oxygen atoms in total. The molecule has 1 unspecified atom stereocenters. The summed E-state index contributed by atoms with van der Waals surface area (Å²) in [7, 11) is 0. The van der Waals surface area contributed by atoms with Crippen molar-refractivity contribution in [2.45, 2.75) is 19.6 Å². The number of rotatable bonds is 3. The number of furan rings is 1. The van der Waals surface area contributed by atoms with E-state index >= 15 is 0 Å². The highest BCUT2D eigenvalue weighted by molar-refractivity contribution is 5.96. The Morgan fingerprint density at radius 2 is 2.47 bits per heavy atom. The predicted octanol–water partition coefficient (Wildman–Crippen LogP) is 1.97. The van der Waals surface area contributed by atoms with E-state index in [0.29, 0.717) is 18.1 Å². The predicted molar refractivity (Wildman–Crippen MR) is 52.8 cm³/mol. The fourth-order valence-corrected chi connectivity index (χ4v) is 1.41. The molecule has 0 aliphatic carbocycles. The van der Waals surface area contributed by atoms with Gasteiger partial charge in [-0.25, -0.2) is 0 Å². The fourth-order valence-electron chi connectivity index (χ4n) is 1.41. The van der Waals surface area contributed by atoms with Gasteiger partial charge in [0.25, 0.3) is 0 Å². The van der Waals surface area contributed by atoms with Gasteiger partial charge in [-0.3, -0.25) is 4.79 Å². The molecule has 0 N–H and O–H groups in total. The maximum Gasteiger partial charge on any atom is 0.207 e. The van der Waals surface area contributed by atoms with Gasteiger partial charge in [-0.05, 0) is 19.1 Å². The minimum Gasteiger partial charge on any atom is -0.461 e. The summed E-state index contributed by atoms with van der Waals surface area (Å²) in [6, 6.07) is 3.49. The quantitative estimate of drug-likeness (QED) is 0.762. The molecule has 1 atom stereocenters. The zero-order valence-electron chi connectivity index (χ0n) is 8.43. The number of allylic oxidation sites excluding steroid dienone is 1. The molecule has 0 aromatic carbocycles. The normalized spacial score (nSPS) is 21.0.